The monoisotopic (exact) mass is 284 g/mol. The van der Waals surface area contributed by atoms with Crippen molar-refractivity contribution in [2.45, 2.75) is 60.0 Å². The van der Waals surface area contributed by atoms with Gasteiger partial charge in [-0.05, 0) is 18.4 Å². The zero-order chi connectivity index (χ0) is 14.8. The number of nitrogens with zero attached hydrogens (tertiary/aromatic N) is 2. The van der Waals surface area contributed by atoms with Gasteiger partial charge in [0.2, 0.25) is 0 Å². The summed E-state index contributed by atoms with van der Waals surface area (Å²) in [5.41, 5.74) is 0.808. The molecule has 1 unspecified atom stereocenters. The van der Waals surface area contributed by atoms with Crippen molar-refractivity contribution in [2.24, 2.45) is 5.41 Å². The predicted octanol–water partition coefficient (Wildman–Crippen LogP) is 4.55. The Labute approximate surface area is 121 Å². The van der Waals surface area contributed by atoms with Crippen LogP contribution in [-0.2, 0) is 10.2 Å². The van der Waals surface area contributed by atoms with E-state index in [1.165, 1.54) is 0 Å². The van der Waals surface area contributed by atoms with E-state index in [0.29, 0.717) is 17.6 Å². The lowest BCUT2D eigenvalue weighted by Crippen LogP contribution is -2.25. The van der Waals surface area contributed by atoms with Crippen molar-refractivity contribution < 1.29 is 4.74 Å². The molecule has 0 saturated heterocycles. The number of hydrogen-bond donors (Lipinski definition) is 0. The van der Waals surface area contributed by atoms with Crippen LogP contribution >= 0.6 is 11.6 Å². The Hall–Kier alpha value is -0.670. The van der Waals surface area contributed by atoms with Crippen LogP contribution in [0.15, 0.2) is 6.07 Å². The Bertz CT molecular complexity index is 433. The topological polar surface area (TPSA) is 35.0 Å². The number of aromatic nitrogens is 2. The van der Waals surface area contributed by atoms with Gasteiger partial charge in [-0.1, -0.05) is 53.1 Å². The molecule has 0 aromatic carbocycles. The highest BCUT2D eigenvalue weighted by molar-refractivity contribution is 6.29. The summed E-state index contributed by atoms with van der Waals surface area (Å²) in [7, 11) is 0. The van der Waals surface area contributed by atoms with Gasteiger partial charge in [0, 0.05) is 12.0 Å². The Kier molecular flexibility index (Phi) is 4.97. The zero-order valence-electron chi connectivity index (χ0n) is 13.0. The standard InChI is InChI=1S/C15H25ClN2O/c1-8-19-12(15(5,6)7)13-17-10(14(2,3)4)9-11(16)18-13/h9,12H,8H2,1-7H3. The van der Waals surface area contributed by atoms with Crippen LogP contribution in [0.2, 0.25) is 5.15 Å². The van der Waals surface area contributed by atoms with Crippen LogP contribution in [0, 0.1) is 5.41 Å². The van der Waals surface area contributed by atoms with E-state index in [-0.39, 0.29) is 16.9 Å². The smallest absolute Gasteiger partial charge is 0.159 e. The molecule has 0 amide bonds. The third-order valence-electron chi connectivity index (χ3n) is 2.84. The van der Waals surface area contributed by atoms with Crippen molar-refractivity contribution in [3.63, 3.8) is 0 Å². The molecule has 0 aliphatic rings. The van der Waals surface area contributed by atoms with Gasteiger partial charge in [0.25, 0.3) is 0 Å². The molecular weight excluding hydrogens is 260 g/mol. The van der Waals surface area contributed by atoms with E-state index in [0.717, 1.165) is 5.69 Å². The summed E-state index contributed by atoms with van der Waals surface area (Å²) < 4.78 is 5.83. The first-order valence-electron chi connectivity index (χ1n) is 6.72. The Balaban J connectivity index is 3.28. The van der Waals surface area contributed by atoms with Crippen LogP contribution in [0.1, 0.15) is 66.1 Å². The van der Waals surface area contributed by atoms with Crippen molar-refractivity contribution in [1.29, 1.82) is 0 Å². The van der Waals surface area contributed by atoms with Crippen LogP contribution in [-0.4, -0.2) is 16.6 Å². The summed E-state index contributed by atoms with van der Waals surface area (Å²) >= 11 is 6.14. The first kappa shape index (κ1) is 16.4. The average Bonchev–Trinajstić information content (AvgIpc) is 2.22. The second-order valence-corrected chi connectivity index (χ2v) is 7.27. The molecule has 0 radical (unpaired) electrons. The van der Waals surface area contributed by atoms with E-state index >= 15 is 0 Å². The molecule has 19 heavy (non-hydrogen) atoms. The minimum absolute atomic E-state index is 0.0595. The fourth-order valence-corrected chi connectivity index (χ4v) is 2.01. The SMILES string of the molecule is CCOC(c1nc(Cl)cc(C(C)(C)C)n1)C(C)(C)C. The Morgan fingerprint density at radius 1 is 1.16 bits per heavy atom. The quantitative estimate of drug-likeness (QED) is 0.764. The molecule has 1 rings (SSSR count). The fraction of sp³-hybridized carbons (Fsp3) is 0.733. The normalized spacial score (nSPS) is 14.5. The summed E-state index contributed by atoms with van der Waals surface area (Å²) in [6.07, 6.45) is -0.155. The molecule has 1 atom stereocenters. The van der Waals surface area contributed by atoms with Crippen molar-refractivity contribution in [3.8, 4) is 0 Å². The van der Waals surface area contributed by atoms with Gasteiger partial charge in [-0.2, -0.15) is 0 Å². The van der Waals surface area contributed by atoms with Crippen LogP contribution in [0.4, 0.5) is 0 Å². The van der Waals surface area contributed by atoms with E-state index in [9.17, 15) is 0 Å². The van der Waals surface area contributed by atoms with Crippen LogP contribution in [0.25, 0.3) is 0 Å². The first-order chi connectivity index (χ1) is 8.55. The lowest BCUT2D eigenvalue weighted by atomic mass is 9.87. The summed E-state index contributed by atoms with van der Waals surface area (Å²) in [6, 6.07) is 1.83. The molecule has 0 aliphatic heterocycles. The van der Waals surface area contributed by atoms with E-state index in [4.69, 9.17) is 16.3 Å². The van der Waals surface area contributed by atoms with Gasteiger partial charge in [-0.15, -0.1) is 0 Å². The molecule has 1 heterocycles. The molecule has 0 aliphatic carbocycles. The van der Waals surface area contributed by atoms with E-state index in [1.807, 2.05) is 13.0 Å². The second kappa shape index (κ2) is 5.76. The van der Waals surface area contributed by atoms with Gasteiger partial charge in [-0.3, -0.25) is 0 Å². The molecule has 3 nitrogen and oxygen atoms in total. The first-order valence-corrected chi connectivity index (χ1v) is 7.10. The lowest BCUT2D eigenvalue weighted by Gasteiger charge is -2.30. The molecule has 4 heteroatoms. The van der Waals surface area contributed by atoms with Crippen molar-refractivity contribution in [2.75, 3.05) is 6.61 Å². The molecule has 0 bridgehead atoms. The van der Waals surface area contributed by atoms with E-state index in [2.05, 4.69) is 51.5 Å². The van der Waals surface area contributed by atoms with Gasteiger partial charge >= 0.3 is 0 Å². The highest BCUT2D eigenvalue weighted by atomic mass is 35.5. The Morgan fingerprint density at radius 2 is 1.74 bits per heavy atom. The van der Waals surface area contributed by atoms with Crippen LogP contribution in [0.5, 0.6) is 0 Å². The predicted molar refractivity (Wildman–Crippen MR) is 79.6 cm³/mol. The zero-order valence-corrected chi connectivity index (χ0v) is 13.8. The third-order valence-corrected chi connectivity index (χ3v) is 3.03. The molecule has 0 N–H and O–H groups in total. The van der Waals surface area contributed by atoms with Gasteiger partial charge in [0.05, 0.1) is 5.69 Å². The maximum atomic E-state index is 6.14. The van der Waals surface area contributed by atoms with Gasteiger partial charge < -0.3 is 4.74 Å². The summed E-state index contributed by atoms with van der Waals surface area (Å²) in [6.45, 7) is 15.3. The number of halogens is 1. The molecule has 0 spiro atoms. The summed E-state index contributed by atoms with van der Waals surface area (Å²) in [4.78, 5) is 9.03. The molecule has 1 aromatic heterocycles. The van der Waals surface area contributed by atoms with Crippen LogP contribution in [0.3, 0.4) is 0 Å². The third kappa shape index (κ3) is 4.43. The minimum Gasteiger partial charge on any atom is -0.370 e. The summed E-state index contributed by atoms with van der Waals surface area (Å²) in [5.74, 6) is 0.673. The van der Waals surface area contributed by atoms with Crippen LogP contribution < -0.4 is 0 Å². The maximum Gasteiger partial charge on any atom is 0.159 e. The number of rotatable bonds is 3. The molecule has 0 fully saturated rings. The van der Waals surface area contributed by atoms with Gasteiger partial charge in [-0.25, -0.2) is 9.97 Å². The number of ether oxygens (including phenoxy) is 1. The lowest BCUT2D eigenvalue weighted by molar-refractivity contribution is -0.0193. The minimum atomic E-state index is -0.155. The highest BCUT2D eigenvalue weighted by Gasteiger charge is 2.31. The second-order valence-electron chi connectivity index (χ2n) is 6.89. The molecule has 108 valence electrons. The molecule has 1 aromatic rings. The molecular formula is C15H25ClN2O. The van der Waals surface area contributed by atoms with Gasteiger partial charge in [0.1, 0.15) is 11.3 Å². The molecule has 0 saturated carbocycles. The summed E-state index contributed by atoms with van der Waals surface area (Å²) in [5, 5.41) is 0.476. The fourth-order valence-electron chi connectivity index (χ4n) is 1.82. The van der Waals surface area contributed by atoms with Gasteiger partial charge in [0.15, 0.2) is 5.82 Å². The Morgan fingerprint density at radius 3 is 2.16 bits per heavy atom. The van der Waals surface area contributed by atoms with Crippen molar-refractivity contribution >= 4 is 11.6 Å². The van der Waals surface area contributed by atoms with E-state index < -0.39 is 0 Å². The largest absolute Gasteiger partial charge is 0.370 e. The number of hydrogen-bond acceptors (Lipinski definition) is 3. The van der Waals surface area contributed by atoms with E-state index in [1.54, 1.807) is 0 Å². The van der Waals surface area contributed by atoms with Crippen molar-refractivity contribution in [1.82, 2.24) is 9.97 Å². The van der Waals surface area contributed by atoms with Crippen molar-refractivity contribution in [3.05, 3.63) is 22.7 Å². The maximum absolute atomic E-state index is 6.14. The average molecular weight is 285 g/mol. The highest BCUT2D eigenvalue weighted by Crippen LogP contribution is 2.35.